The minimum atomic E-state index is 0.223. The monoisotopic (exact) mass is 244 g/mol. The number of hydrogen-bond donors (Lipinski definition) is 1. The molecular formula is C16H24N2. The molecule has 0 aromatic heterocycles. The van der Waals surface area contributed by atoms with E-state index in [1.54, 1.807) is 0 Å². The van der Waals surface area contributed by atoms with Crippen LogP contribution in [0.4, 0.5) is 0 Å². The molecule has 1 aliphatic carbocycles. The van der Waals surface area contributed by atoms with Gasteiger partial charge in [0, 0.05) is 18.6 Å². The van der Waals surface area contributed by atoms with Gasteiger partial charge in [-0.1, -0.05) is 30.3 Å². The summed E-state index contributed by atoms with van der Waals surface area (Å²) in [5.74, 6) is 0.829. The van der Waals surface area contributed by atoms with Gasteiger partial charge in [0.2, 0.25) is 0 Å². The normalized spacial score (nSPS) is 27.1. The SMILES string of the molecule is NC1(CC2CCCN(Cc3ccccc3)C2)CC1. The molecule has 1 aliphatic heterocycles. The summed E-state index contributed by atoms with van der Waals surface area (Å²) < 4.78 is 0. The highest BCUT2D eigenvalue weighted by Gasteiger charge is 2.40. The third-order valence-electron chi connectivity index (χ3n) is 4.44. The molecule has 1 unspecified atom stereocenters. The summed E-state index contributed by atoms with van der Waals surface area (Å²) in [7, 11) is 0. The predicted octanol–water partition coefficient (Wildman–Crippen LogP) is 2.78. The van der Waals surface area contributed by atoms with E-state index in [1.165, 1.54) is 50.8 Å². The molecule has 0 radical (unpaired) electrons. The molecule has 1 atom stereocenters. The van der Waals surface area contributed by atoms with Crippen molar-refractivity contribution in [2.45, 2.75) is 44.2 Å². The molecule has 0 spiro atoms. The first-order chi connectivity index (χ1) is 8.73. The highest BCUT2D eigenvalue weighted by molar-refractivity contribution is 5.14. The van der Waals surface area contributed by atoms with Crippen molar-refractivity contribution in [1.29, 1.82) is 0 Å². The summed E-state index contributed by atoms with van der Waals surface area (Å²) in [5.41, 5.74) is 7.92. The molecule has 18 heavy (non-hydrogen) atoms. The highest BCUT2D eigenvalue weighted by Crippen LogP contribution is 2.40. The smallest absolute Gasteiger partial charge is 0.0233 e. The van der Waals surface area contributed by atoms with Crippen LogP contribution in [0.1, 0.15) is 37.7 Å². The zero-order valence-corrected chi connectivity index (χ0v) is 11.1. The Hall–Kier alpha value is -0.860. The highest BCUT2D eigenvalue weighted by atomic mass is 15.1. The largest absolute Gasteiger partial charge is 0.325 e. The topological polar surface area (TPSA) is 29.3 Å². The first kappa shape index (κ1) is 12.2. The van der Waals surface area contributed by atoms with E-state index in [9.17, 15) is 0 Å². The lowest BCUT2D eigenvalue weighted by Gasteiger charge is -2.34. The maximum Gasteiger partial charge on any atom is 0.0233 e. The van der Waals surface area contributed by atoms with Gasteiger partial charge in [0.15, 0.2) is 0 Å². The molecule has 1 aromatic carbocycles. The second kappa shape index (κ2) is 5.02. The van der Waals surface area contributed by atoms with E-state index in [2.05, 4.69) is 35.2 Å². The number of nitrogens with two attached hydrogens (primary N) is 1. The Morgan fingerprint density at radius 1 is 1.22 bits per heavy atom. The van der Waals surface area contributed by atoms with E-state index in [0.717, 1.165) is 12.5 Å². The van der Waals surface area contributed by atoms with E-state index in [0.29, 0.717) is 0 Å². The van der Waals surface area contributed by atoms with Crippen LogP contribution < -0.4 is 5.73 Å². The van der Waals surface area contributed by atoms with Gasteiger partial charge >= 0.3 is 0 Å². The fourth-order valence-corrected chi connectivity index (χ4v) is 3.24. The van der Waals surface area contributed by atoms with Crippen LogP contribution in [-0.4, -0.2) is 23.5 Å². The summed E-state index contributed by atoms with van der Waals surface area (Å²) in [6, 6.07) is 10.8. The molecule has 1 saturated heterocycles. The van der Waals surface area contributed by atoms with Crippen molar-refractivity contribution in [1.82, 2.24) is 4.90 Å². The van der Waals surface area contributed by atoms with Gasteiger partial charge < -0.3 is 5.73 Å². The summed E-state index contributed by atoms with van der Waals surface area (Å²) in [5, 5.41) is 0. The Labute approximate surface area is 110 Å². The Balaban J connectivity index is 1.54. The number of benzene rings is 1. The lowest BCUT2D eigenvalue weighted by atomic mass is 9.90. The van der Waals surface area contributed by atoms with Crippen molar-refractivity contribution in [3.8, 4) is 0 Å². The fraction of sp³-hybridized carbons (Fsp3) is 0.625. The molecule has 2 fully saturated rings. The maximum atomic E-state index is 6.26. The maximum absolute atomic E-state index is 6.26. The van der Waals surface area contributed by atoms with Gasteiger partial charge in [0.25, 0.3) is 0 Å². The number of nitrogens with zero attached hydrogens (tertiary/aromatic N) is 1. The molecule has 1 saturated carbocycles. The van der Waals surface area contributed by atoms with E-state index in [1.807, 2.05) is 0 Å². The number of piperidine rings is 1. The molecule has 3 rings (SSSR count). The predicted molar refractivity (Wildman–Crippen MR) is 75.2 cm³/mol. The van der Waals surface area contributed by atoms with Crippen LogP contribution in [0.15, 0.2) is 30.3 Å². The first-order valence-corrected chi connectivity index (χ1v) is 7.29. The minimum Gasteiger partial charge on any atom is -0.325 e. The van der Waals surface area contributed by atoms with Crippen LogP contribution in [0.5, 0.6) is 0 Å². The van der Waals surface area contributed by atoms with Crippen molar-refractivity contribution in [2.24, 2.45) is 11.7 Å². The van der Waals surface area contributed by atoms with Crippen LogP contribution in [0.3, 0.4) is 0 Å². The molecule has 2 nitrogen and oxygen atoms in total. The zero-order valence-electron chi connectivity index (χ0n) is 11.1. The van der Waals surface area contributed by atoms with Gasteiger partial charge in [-0.2, -0.15) is 0 Å². The van der Waals surface area contributed by atoms with E-state index in [-0.39, 0.29) is 5.54 Å². The fourth-order valence-electron chi connectivity index (χ4n) is 3.24. The van der Waals surface area contributed by atoms with Crippen LogP contribution in [0, 0.1) is 5.92 Å². The zero-order chi connectivity index (χ0) is 12.4. The molecule has 2 N–H and O–H groups in total. The second-order valence-corrected chi connectivity index (χ2v) is 6.30. The van der Waals surface area contributed by atoms with Crippen molar-refractivity contribution in [3.05, 3.63) is 35.9 Å². The van der Waals surface area contributed by atoms with Gasteiger partial charge in [-0.05, 0) is 50.1 Å². The van der Waals surface area contributed by atoms with Gasteiger partial charge in [-0.3, -0.25) is 4.90 Å². The van der Waals surface area contributed by atoms with Crippen LogP contribution in [-0.2, 0) is 6.54 Å². The number of rotatable bonds is 4. The Bertz CT molecular complexity index is 383. The van der Waals surface area contributed by atoms with Crippen molar-refractivity contribution in [2.75, 3.05) is 13.1 Å². The Morgan fingerprint density at radius 3 is 2.72 bits per heavy atom. The van der Waals surface area contributed by atoms with E-state index >= 15 is 0 Å². The van der Waals surface area contributed by atoms with Crippen molar-refractivity contribution < 1.29 is 0 Å². The van der Waals surface area contributed by atoms with E-state index in [4.69, 9.17) is 5.73 Å². The standard InChI is InChI=1S/C16H24N2/c17-16(8-9-16)11-15-7-4-10-18(13-15)12-14-5-2-1-3-6-14/h1-3,5-6,15H,4,7-13,17H2. The van der Waals surface area contributed by atoms with Crippen molar-refractivity contribution in [3.63, 3.8) is 0 Å². The minimum absolute atomic E-state index is 0.223. The summed E-state index contributed by atoms with van der Waals surface area (Å²) in [6.45, 7) is 3.60. The van der Waals surface area contributed by atoms with Gasteiger partial charge in [-0.15, -0.1) is 0 Å². The molecule has 0 amide bonds. The van der Waals surface area contributed by atoms with Crippen LogP contribution in [0.2, 0.25) is 0 Å². The molecule has 98 valence electrons. The van der Waals surface area contributed by atoms with Gasteiger partial charge in [-0.25, -0.2) is 0 Å². The van der Waals surface area contributed by atoms with Gasteiger partial charge in [0.05, 0.1) is 0 Å². The second-order valence-electron chi connectivity index (χ2n) is 6.30. The van der Waals surface area contributed by atoms with Crippen LogP contribution >= 0.6 is 0 Å². The Morgan fingerprint density at radius 2 is 2.00 bits per heavy atom. The summed E-state index contributed by atoms with van der Waals surface area (Å²) in [6.07, 6.45) is 6.47. The third kappa shape index (κ3) is 3.12. The van der Waals surface area contributed by atoms with Gasteiger partial charge in [0.1, 0.15) is 0 Å². The average Bonchev–Trinajstić information content (AvgIpc) is 3.08. The lowest BCUT2D eigenvalue weighted by Crippen LogP contribution is -2.38. The summed E-state index contributed by atoms with van der Waals surface area (Å²) >= 11 is 0. The molecular weight excluding hydrogens is 220 g/mol. The average molecular weight is 244 g/mol. The molecule has 1 heterocycles. The first-order valence-electron chi connectivity index (χ1n) is 7.29. The molecule has 0 bridgehead atoms. The number of likely N-dealkylation sites (tertiary alicyclic amines) is 1. The third-order valence-corrected chi connectivity index (χ3v) is 4.44. The quantitative estimate of drug-likeness (QED) is 0.882. The lowest BCUT2D eigenvalue weighted by molar-refractivity contribution is 0.155. The summed E-state index contributed by atoms with van der Waals surface area (Å²) in [4.78, 5) is 2.61. The molecule has 2 aliphatic rings. The molecule has 1 aromatic rings. The Kier molecular flexibility index (Phi) is 3.40. The van der Waals surface area contributed by atoms with Crippen LogP contribution in [0.25, 0.3) is 0 Å². The van der Waals surface area contributed by atoms with E-state index < -0.39 is 0 Å². The van der Waals surface area contributed by atoms with Crippen molar-refractivity contribution >= 4 is 0 Å². The number of hydrogen-bond acceptors (Lipinski definition) is 2. The molecule has 2 heteroatoms.